The van der Waals surface area contributed by atoms with Crippen LogP contribution in [0.15, 0.2) is 67.3 Å². The second kappa shape index (κ2) is 10.9. The van der Waals surface area contributed by atoms with Gasteiger partial charge in [-0.25, -0.2) is 8.78 Å². The number of halogens is 3. The maximum absolute atomic E-state index is 15.0. The second-order valence-electron chi connectivity index (χ2n) is 8.58. The van der Waals surface area contributed by atoms with Gasteiger partial charge in [0, 0.05) is 17.0 Å². The normalized spacial score (nSPS) is 18.0. The van der Waals surface area contributed by atoms with Crippen LogP contribution in [0.1, 0.15) is 44.1 Å². The standard InChI is InChI=1S/C29H29F3O2/c1-3-5-6-23-13-11-22(18-34-23)21-12-14-24(26(30)17-21)19-7-9-20(10-8-19)25-15-16-27(33-4-2)29(32)28(25)31/h3,7-10,12,14-17,22-23H,1,4-6,11,13,18H2,2H3. The number of hydrogen-bond donors (Lipinski definition) is 0. The Balaban J connectivity index is 1.48. The molecule has 1 fully saturated rings. The highest BCUT2D eigenvalue weighted by Crippen LogP contribution is 2.34. The summed E-state index contributed by atoms with van der Waals surface area (Å²) in [6, 6.07) is 15.0. The molecule has 0 N–H and O–H groups in total. The first-order valence-electron chi connectivity index (χ1n) is 11.7. The van der Waals surface area contributed by atoms with E-state index >= 15 is 4.39 Å². The van der Waals surface area contributed by atoms with E-state index in [1.54, 1.807) is 43.3 Å². The van der Waals surface area contributed by atoms with Crippen molar-refractivity contribution in [2.75, 3.05) is 13.2 Å². The van der Waals surface area contributed by atoms with E-state index in [1.165, 1.54) is 12.1 Å². The summed E-state index contributed by atoms with van der Waals surface area (Å²) in [5.74, 6) is -2.21. The third-order valence-electron chi connectivity index (χ3n) is 6.38. The molecule has 2 nitrogen and oxygen atoms in total. The lowest BCUT2D eigenvalue weighted by atomic mass is 9.89. The van der Waals surface area contributed by atoms with Crippen molar-refractivity contribution in [3.05, 3.63) is 90.3 Å². The average molecular weight is 467 g/mol. The molecule has 0 saturated carbocycles. The Bertz CT molecular complexity index is 1130. The minimum atomic E-state index is -1.01. The topological polar surface area (TPSA) is 18.5 Å². The largest absolute Gasteiger partial charge is 0.491 e. The molecule has 0 aliphatic carbocycles. The van der Waals surface area contributed by atoms with Crippen LogP contribution in [0.25, 0.3) is 22.3 Å². The first kappa shape index (κ1) is 24.1. The molecule has 0 radical (unpaired) electrons. The van der Waals surface area contributed by atoms with Crippen molar-refractivity contribution >= 4 is 0 Å². The van der Waals surface area contributed by atoms with Gasteiger partial charge in [-0.1, -0.05) is 42.5 Å². The Morgan fingerprint density at radius 2 is 1.65 bits per heavy atom. The molecule has 1 heterocycles. The van der Waals surface area contributed by atoms with Crippen LogP contribution in [-0.4, -0.2) is 19.3 Å². The molecule has 178 valence electrons. The molecule has 0 spiro atoms. The summed E-state index contributed by atoms with van der Waals surface area (Å²) in [5.41, 5.74) is 2.71. The van der Waals surface area contributed by atoms with Gasteiger partial charge in [0.05, 0.1) is 19.3 Å². The lowest BCUT2D eigenvalue weighted by Gasteiger charge is -2.29. The van der Waals surface area contributed by atoms with Crippen LogP contribution in [0.4, 0.5) is 13.2 Å². The van der Waals surface area contributed by atoms with E-state index < -0.39 is 11.6 Å². The molecule has 0 amide bonds. The molecule has 5 heteroatoms. The summed E-state index contributed by atoms with van der Waals surface area (Å²) in [4.78, 5) is 0. The van der Waals surface area contributed by atoms with Crippen LogP contribution in [-0.2, 0) is 4.74 Å². The van der Waals surface area contributed by atoms with Crippen LogP contribution in [0, 0.1) is 17.5 Å². The lowest BCUT2D eigenvalue weighted by molar-refractivity contribution is -0.000212. The zero-order valence-electron chi connectivity index (χ0n) is 19.3. The zero-order valence-corrected chi connectivity index (χ0v) is 19.3. The molecular weight excluding hydrogens is 437 g/mol. The van der Waals surface area contributed by atoms with Gasteiger partial charge in [0.1, 0.15) is 5.82 Å². The van der Waals surface area contributed by atoms with Crippen molar-refractivity contribution in [3.63, 3.8) is 0 Å². The van der Waals surface area contributed by atoms with Crippen LogP contribution >= 0.6 is 0 Å². The monoisotopic (exact) mass is 466 g/mol. The Hall–Kier alpha value is -3.05. The van der Waals surface area contributed by atoms with Gasteiger partial charge in [0.15, 0.2) is 11.6 Å². The molecule has 2 atom stereocenters. The van der Waals surface area contributed by atoms with Crippen molar-refractivity contribution in [1.82, 2.24) is 0 Å². The van der Waals surface area contributed by atoms with Gasteiger partial charge >= 0.3 is 0 Å². The summed E-state index contributed by atoms with van der Waals surface area (Å²) >= 11 is 0. The predicted molar refractivity (Wildman–Crippen MR) is 130 cm³/mol. The van der Waals surface area contributed by atoms with Gasteiger partial charge < -0.3 is 9.47 Å². The van der Waals surface area contributed by atoms with Crippen LogP contribution in [0.3, 0.4) is 0 Å². The molecular formula is C29H29F3O2. The van der Waals surface area contributed by atoms with Crippen LogP contribution in [0.5, 0.6) is 5.75 Å². The van der Waals surface area contributed by atoms with Gasteiger partial charge in [-0.05, 0) is 67.5 Å². The van der Waals surface area contributed by atoms with E-state index in [1.807, 2.05) is 12.1 Å². The van der Waals surface area contributed by atoms with E-state index in [9.17, 15) is 8.78 Å². The number of hydrogen-bond acceptors (Lipinski definition) is 2. The summed E-state index contributed by atoms with van der Waals surface area (Å²) in [6.45, 7) is 6.31. The highest BCUT2D eigenvalue weighted by atomic mass is 19.2. The third kappa shape index (κ3) is 5.20. The van der Waals surface area contributed by atoms with Gasteiger partial charge in [0.25, 0.3) is 0 Å². The van der Waals surface area contributed by atoms with Gasteiger partial charge in [-0.15, -0.1) is 6.58 Å². The summed E-state index contributed by atoms with van der Waals surface area (Å²) in [5, 5.41) is 0. The third-order valence-corrected chi connectivity index (χ3v) is 6.38. The number of benzene rings is 3. The highest BCUT2D eigenvalue weighted by molar-refractivity contribution is 5.71. The van der Waals surface area contributed by atoms with E-state index in [0.29, 0.717) is 23.3 Å². The number of allylic oxidation sites excluding steroid dienone is 1. The molecule has 0 aromatic heterocycles. The maximum atomic E-state index is 15.0. The van der Waals surface area contributed by atoms with E-state index in [-0.39, 0.29) is 35.8 Å². The van der Waals surface area contributed by atoms with E-state index in [4.69, 9.17) is 9.47 Å². The minimum absolute atomic E-state index is 0.113. The van der Waals surface area contributed by atoms with Crippen LogP contribution < -0.4 is 4.74 Å². The molecule has 34 heavy (non-hydrogen) atoms. The highest BCUT2D eigenvalue weighted by Gasteiger charge is 2.23. The number of rotatable bonds is 8. The van der Waals surface area contributed by atoms with Crippen molar-refractivity contribution in [2.24, 2.45) is 0 Å². The molecule has 1 aliphatic heterocycles. The first-order chi connectivity index (χ1) is 16.5. The second-order valence-corrected chi connectivity index (χ2v) is 8.58. The van der Waals surface area contributed by atoms with Crippen molar-refractivity contribution in [3.8, 4) is 28.0 Å². The maximum Gasteiger partial charge on any atom is 0.201 e. The molecule has 3 aromatic rings. The molecule has 1 saturated heterocycles. The Morgan fingerprint density at radius 1 is 0.941 bits per heavy atom. The van der Waals surface area contributed by atoms with Gasteiger partial charge in [-0.3, -0.25) is 0 Å². The van der Waals surface area contributed by atoms with Crippen molar-refractivity contribution < 1.29 is 22.6 Å². The fraction of sp³-hybridized carbons (Fsp3) is 0.310. The molecule has 2 unspecified atom stereocenters. The zero-order chi connectivity index (χ0) is 24.1. The quantitative estimate of drug-likeness (QED) is 0.313. The van der Waals surface area contributed by atoms with E-state index in [0.717, 1.165) is 31.2 Å². The molecule has 1 aliphatic rings. The molecule has 4 rings (SSSR count). The Labute approximate surface area is 199 Å². The Kier molecular flexibility index (Phi) is 7.73. The van der Waals surface area contributed by atoms with Gasteiger partial charge in [-0.2, -0.15) is 4.39 Å². The minimum Gasteiger partial charge on any atom is -0.491 e. The average Bonchev–Trinajstić information content (AvgIpc) is 2.86. The first-order valence-corrected chi connectivity index (χ1v) is 11.7. The Morgan fingerprint density at radius 3 is 2.26 bits per heavy atom. The SMILES string of the molecule is C=CCCC1CCC(c2ccc(-c3ccc(-c4ccc(OCC)c(F)c4F)cc3)c(F)c2)CO1. The smallest absolute Gasteiger partial charge is 0.201 e. The van der Waals surface area contributed by atoms with Crippen LogP contribution in [0.2, 0.25) is 0 Å². The molecule has 0 bridgehead atoms. The summed E-state index contributed by atoms with van der Waals surface area (Å²) < 4.78 is 54.9. The van der Waals surface area contributed by atoms with Crippen molar-refractivity contribution in [1.29, 1.82) is 0 Å². The van der Waals surface area contributed by atoms with Crippen molar-refractivity contribution in [2.45, 2.75) is 44.6 Å². The summed E-state index contributed by atoms with van der Waals surface area (Å²) in [6.07, 6.45) is 6.02. The van der Waals surface area contributed by atoms with E-state index in [2.05, 4.69) is 6.58 Å². The van der Waals surface area contributed by atoms with Gasteiger partial charge in [0.2, 0.25) is 5.82 Å². The fourth-order valence-corrected chi connectivity index (χ4v) is 4.47. The molecule has 3 aromatic carbocycles. The summed E-state index contributed by atoms with van der Waals surface area (Å²) in [7, 11) is 0. The lowest BCUT2D eigenvalue weighted by Crippen LogP contribution is -2.24. The number of ether oxygens (including phenoxy) is 2. The predicted octanol–water partition coefficient (Wildman–Crippen LogP) is 8.07. The fourth-order valence-electron chi connectivity index (χ4n) is 4.47.